The Kier molecular flexibility index (Phi) is 5.25. The minimum Gasteiger partial charge on any atom is -0.317 e. The molecule has 18 heavy (non-hydrogen) atoms. The van der Waals surface area contributed by atoms with Crippen molar-refractivity contribution in [1.82, 2.24) is 5.32 Å². The molecule has 0 saturated heterocycles. The first kappa shape index (κ1) is 14.1. The molecule has 3 atom stereocenters. The summed E-state index contributed by atoms with van der Waals surface area (Å²) in [4.78, 5) is 0. The monoisotopic (exact) mass is 309 g/mol. The molecule has 1 nitrogen and oxygen atoms in total. The Labute approximate surface area is 119 Å². The van der Waals surface area contributed by atoms with Crippen LogP contribution in [-0.4, -0.2) is 13.1 Å². The summed E-state index contributed by atoms with van der Waals surface area (Å²) in [7, 11) is 2.12. The van der Waals surface area contributed by atoms with Crippen LogP contribution in [-0.2, 0) is 6.42 Å². The van der Waals surface area contributed by atoms with E-state index in [0.717, 1.165) is 11.8 Å². The van der Waals surface area contributed by atoms with Crippen molar-refractivity contribution in [3.8, 4) is 0 Å². The van der Waals surface area contributed by atoms with Crippen LogP contribution in [0.2, 0.25) is 0 Å². The van der Waals surface area contributed by atoms with Gasteiger partial charge in [0.05, 0.1) is 0 Å². The highest BCUT2D eigenvalue weighted by Crippen LogP contribution is 2.33. The molecule has 3 unspecified atom stereocenters. The van der Waals surface area contributed by atoms with E-state index in [1.807, 2.05) is 0 Å². The summed E-state index contributed by atoms with van der Waals surface area (Å²) in [6.45, 7) is 2.33. The van der Waals surface area contributed by atoms with Crippen molar-refractivity contribution in [2.45, 2.75) is 45.1 Å². The Morgan fingerprint density at radius 1 is 1.33 bits per heavy atom. The van der Waals surface area contributed by atoms with E-state index in [-0.39, 0.29) is 0 Å². The third-order valence-electron chi connectivity index (χ3n) is 4.43. The number of hydrogen-bond acceptors (Lipinski definition) is 1. The average molecular weight is 310 g/mol. The molecule has 0 aromatic heterocycles. The molecule has 1 fully saturated rings. The summed E-state index contributed by atoms with van der Waals surface area (Å²) >= 11 is 3.57. The van der Waals surface area contributed by atoms with Crippen molar-refractivity contribution in [2.75, 3.05) is 7.05 Å². The predicted molar refractivity (Wildman–Crippen MR) is 81.8 cm³/mol. The lowest BCUT2D eigenvalue weighted by Crippen LogP contribution is -2.39. The van der Waals surface area contributed by atoms with E-state index in [4.69, 9.17) is 0 Å². The largest absolute Gasteiger partial charge is 0.317 e. The second-order valence-electron chi connectivity index (χ2n) is 5.58. The zero-order chi connectivity index (χ0) is 13.0. The maximum atomic E-state index is 3.57. The number of benzene rings is 1. The van der Waals surface area contributed by atoms with E-state index < -0.39 is 0 Å². The van der Waals surface area contributed by atoms with Gasteiger partial charge >= 0.3 is 0 Å². The Morgan fingerprint density at radius 2 is 2.17 bits per heavy atom. The van der Waals surface area contributed by atoms with Gasteiger partial charge in [0.15, 0.2) is 0 Å². The average Bonchev–Trinajstić information content (AvgIpc) is 2.38. The van der Waals surface area contributed by atoms with Crippen LogP contribution in [0.5, 0.6) is 0 Å². The van der Waals surface area contributed by atoms with Crippen LogP contribution in [0.4, 0.5) is 0 Å². The van der Waals surface area contributed by atoms with E-state index in [2.05, 4.69) is 59.5 Å². The fraction of sp³-hybridized carbons (Fsp3) is 0.625. The Bertz CT molecular complexity index is 377. The van der Waals surface area contributed by atoms with E-state index in [1.54, 1.807) is 0 Å². The van der Waals surface area contributed by atoms with Crippen molar-refractivity contribution >= 4 is 15.9 Å². The van der Waals surface area contributed by atoms with Crippen LogP contribution >= 0.6 is 15.9 Å². The van der Waals surface area contributed by atoms with Gasteiger partial charge in [-0.15, -0.1) is 0 Å². The fourth-order valence-corrected chi connectivity index (χ4v) is 3.75. The lowest BCUT2D eigenvalue weighted by atomic mass is 9.74. The molecule has 100 valence electrons. The third kappa shape index (κ3) is 3.58. The van der Waals surface area contributed by atoms with Crippen LogP contribution in [0, 0.1) is 11.8 Å². The summed E-state index contributed by atoms with van der Waals surface area (Å²) in [6, 6.07) is 9.48. The zero-order valence-electron chi connectivity index (χ0n) is 11.5. The highest BCUT2D eigenvalue weighted by Gasteiger charge is 2.28. The van der Waals surface area contributed by atoms with Crippen LogP contribution in [0.1, 0.15) is 38.2 Å². The quantitative estimate of drug-likeness (QED) is 0.869. The highest BCUT2D eigenvalue weighted by atomic mass is 79.9. The summed E-state index contributed by atoms with van der Waals surface area (Å²) in [5.74, 6) is 1.73. The van der Waals surface area contributed by atoms with Crippen LogP contribution in [0.15, 0.2) is 28.7 Å². The molecule has 1 aromatic carbocycles. The Balaban J connectivity index is 2.04. The van der Waals surface area contributed by atoms with Gasteiger partial charge in [-0.1, -0.05) is 41.4 Å². The molecule has 0 amide bonds. The third-order valence-corrected chi connectivity index (χ3v) is 4.92. The van der Waals surface area contributed by atoms with Gasteiger partial charge in [-0.2, -0.15) is 0 Å². The van der Waals surface area contributed by atoms with E-state index in [0.29, 0.717) is 6.04 Å². The molecule has 1 aliphatic rings. The lowest BCUT2D eigenvalue weighted by molar-refractivity contribution is 0.205. The van der Waals surface area contributed by atoms with Crippen LogP contribution < -0.4 is 5.32 Å². The summed E-state index contributed by atoms with van der Waals surface area (Å²) in [5.41, 5.74) is 1.46. The summed E-state index contributed by atoms with van der Waals surface area (Å²) < 4.78 is 1.20. The van der Waals surface area contributed by atoms with Crippen LogP contribution in [0.25, 0.3) is 0 Å². The van der Waals surface area contributed by atoms with Gasteiger partial charge < -0.3 is 5.32 Å². The van der Waals surface area contributed by atoms with E-state index >= 15 is 0 Å². The van der Waals surface area contributed by atoms with Crippen molar-refractivity contribution in [2.24, 2.45) is 11.8 Å². The number of halogens is 1. The molecule has 0 aliphatic heterocycles. The molecule has 0 heterocycles. The Morgan fingerprint density at radius 3 is 2.83 bits per heavy atom. The molecule has 0 radical (unpaired) electrons. The van der Waals surface area contributed by atoms with Crippen LogP contribution in [0.3, 0.4) is 0 Å². The maximum absolute atomic E-state index is 3.57. The molecule has 0 bridgehead atoms. The molecule has 1 aliphatic carbocycles. The topological polar surface area (TPSA) is 12.0 Å². The highest BCUT2D eigenvalue weighted by molar-refractivity contribution is 9.10. The van der Waals surface area contributed by atoms with Gasteiger partial charge in [0.2, 0.25) is 0 Å². The SMILES string of the molecule is CCC1CCC(NC)C(Cc2cccc(Br)c2)C1. The predicted octanol–water partition coefficient (Wildman–Crippen LogP) is 4.41. The van der Waals surface area contributed by atoms with Crippen molar-refractivity contribution in [3.05, 3.63) is 34.3 Å². The molecule has 2 rings (SSSR count). The minimum atomic E-state index is 0.701. The lowest BCUT2D eigenvalue weighted by Gasteiger charge is -2.36. The molecular weight excluding hydrogens is 286 g/mol. The molecular formula is C16H24BrN. The van der Waals surface area contributed by atoms with Gasteiger partial charge in [0.25, 0.3) is 0 Å². The molecule has 2 heteroatoms. The van der Waals surface area contributed by atoms with Crippen molar-refractivity contribution in [3.63, 3.8) is 0 Å². The Hall–Kier alpha value is -0.340. The van der Waals surface area contributed by atoms with Gasteiger partial charge in [0, 0.05) is 10.5 Å². The van der Waals surface area contributed by atoms with Gasteiger partial charge in [0.1, 0.15) is 0 Å². The first-order valence-corrected chi connectivity index (χ1v) is 7.94. The number of nitrogens with one attached hydrogen (secondary N) is 1. The number of hydrogen-bond donors (Lipinski definition) is 1. The molecule has 1 N–H and O–H groups in total. The standard InChI is InChI=1S/C16H24BrN/c1-3-12-7-8-16(18-2)14(9-12)10-13-5-4-6-15(17)11-13/h4-6,11-12,14,16,18H,3,7-10H2,1-2H3. The normalized spacial score (nSPS) is 28.3. The van der Waals surface area contributed by atoms with Gasteiger partial charge in [-0.05, 0) is 62.3 Å². The van der Waals surface area contributed by atoms with E-state index in [9.17, 15) is 0 Å². The second-order valence-corrected chi connectivity index (χ2v) is 6.49. The second kappa shape index (κ2) is 6.72. The number of rotatable bonds is 4. The van der Waals surface area contributed by atoms with Crippen molar-refractivity contribution < 1.29 is 0 Å². The minimum absolute atomic E-state index is 0.701. The molecule has 1 aromatic rings. The molecule has 0 spiro atoms. The van der Waals surface area contributed by atoms with Crippen molar-refractivity contribution in [1.29, 1.82) is 0 Å². The van der Waals surface area contributed by atoms with Gasteiger partial charge in [-0.25, -0.2) is 0 Å². The van der Waals surface area contributed by atoms with Gasteiger partial charge in [-0.3, -0.25) is 0 Å². The smallest absolute Gasteiger partial charge is 0.0177 e. The maximum Gasteiger partial charge on any atom is 0.0177 e. The molecule has 1 saturated carbocycles. The summed E-state index contributed by atoms with van der Waals surface area (Å²) in [5, 5.41) is 3.52. The summed E-state index contributed by atoms with van der Waals surface area (Å²) in [6.07, 6.45) is 6.67. The van der Waals surface area contributed by atoms with E-state index in [1.165, 1.54) is 42.1 Å². The first-order chi connectivity index (χ1) is 8.72. The zero-order valence-corrected chi connectivity index (χ0v) is 13.0. The first-order valence-electron chi connectivity index (χ1n) is 7.14. The fourth-order valence-electron chi connectivity index (χ4n) is 3.30.